The molecule has 0 amide bonds. The molecule has 15 heavy (non-hydrogen) atoms. The molecule has 0 saturated heterocycles. The highest BCUT2D eigenvalue weighted by Crippen LogP contribution is 2.23. The van der Waals surface area contributed by atoms with Crippen LogP contribution in [0.25, 0.3) is 0 Å². The van der Waals surface area contributed by atoms with Gasteiger partial charge in [0.05, 0.1) is 12.7 Å². The molecule has 0 fully saturated rings. The smallest absolute Gasteiger partial charge is 0.196 e. The summed E-state index contributed by atoms with van der Waals surface area (Å²) in [5.41, 5.74) is 5.43. The van der Waals surface area contributed by atoms with Crippen LogP contribution in [0.4, 0.5) is 0 Å². The quantitative estimate of drug-likeness (QED) is 0.751. The molecule has 3 N–H and O–H groups in total. The molecule has 0 bridgehead atoms. The van der Waals surface area contributed by atoms with E-state index in [9.17, 15) is 9.90 Å². The number of aliphatic hydroxyl groups excluding tert-OH is 1. The lowest BCUT2D eigenvalue weighted by molar-refractivity contribution is 0.0760. The van der Waals surface area contributed by atoms with Crippen molar-refractivity contribution >= 4 is 17.4 Å². The number of nitrogens with two attached hydrogens (primary N) is 1. The fourth-order valence-electron chi connectivity index (χ4n) is 1.16. The van der Waals surface area contributed by atoms with E-state index in [0.717, 1.165) is 0 Å². The molecule has 82 valence electrons. The zero-order valence-electron chi connectivity index (χ0n) is 8.24. The van der Waals surface area contributed by atoms with Crippen molar-refractivity contribution in [2.45, 2.75) is 6.10 Å². The molecule has 1 aromatic rings. The van der Waals surface area contributed by atoms with Gasteiger partial charge < -0.3 is 15.6 Å². The normalized spacial score (nSPS) is 12.3. The van der Waals surface area contributed by atoms with E-state index in [0.29, 0.717) is 10.8 Å². The van der Waals surface area contributed by atoms with E-state index in [1.54, 1.807) is 12.1 Å². The Morgan fingerprint density at radius 1 is 1.67 bits per heavy atom. The highest BCUT2D eigenvalue weighted by atomic mass is 35.5. The predicted octanol–water partition coefficient (Wildman–Crippen LogP) is 0.851. The van der Waals surface area contributed by atoms with Crippen molar-refractivity contribution in [3.63, 3.8) is 0 Å². The summed E-state index contributed by atoms with van der Waals surface area (Å²) < 4.78 is 4.98. The molecule has 0 aliphatic heterocycles. The first-order valence-electron chi connectivity index (χ1n) is 4.36. The van der Waals surface area contributed by atoms with Crippen molar-refractivity contribution in [3.8, 4) is 5.75 Å². The Labute approximate surface area is 92.6 Å². The van der Waals surface area contributed by atoms with Gasteiger partial charge in [-0.3, -0.25) is 4.79 Å². The first kappa shape index (κ1) is 12.0. The van der Waals surface area contributed by atoms with Gasteiger partial charge in [-0.25, -0.2) is 0 Å². The summed E-state index contributed by atoms with van der Waals surface area (Å²) in [5.74, 6) is -0.117. The molecule has 1 atom stereocenters. The van der Waals surface area contributed by atoms with Crippen LogP contribution in [0.1, 0.15) is 10.4 Å². The number of ether oxygens (including phenoxy) is 1. The fraction of sp³-hybridized carbons (Fsp3) is 0.300. The van der Waals surface area contributed by atoms with E-state index in [1.165, 1.54) is 13.2 Å². The molecular formula is C10H12ClNO3. The number of carbonyl (C=O) groups excluding carboxylic acids is 1. The molecule has 4 nitrogen and oxygen atoms in total. The van der Waals surface area contributed by atoms with Crippen LogP contribution in [-0.4, -0.2) is 30.6 Å². The standard InChI is InChI=1S/C10H12ClNO3/c1-15-9-3-2-6(11)4-7(9)10(14)8(13)5-12/h2-4,8,13H,5,12H2,1H3. The molecule has 5 heteroatoms. The molecule has 0 spiro atoms. The van der Waals surface area contributed by atoms with Crippen LogP contribution < -0.4 is 10.5 Å². The number of benzene rings is 1. The van der Waals surface area contributed by atoms with Gasteiger partial charge in [0, 0.05) is 11.6 Å². The van der Waals surface area contributed by atoms with Crippen LogP contribution in [0.3, 0.4) is 0 Å². The van der Waals surface area contributed by atoms with Gasteiger partial charge in [-0.1, -0.05) is 11.6 Å². The topological polar surface area (TPSA) is 72.5 Å². The van der Waals surface area contributed by atoms with Crippen molar-refractivity contribution < 1.29 is 14.6 Å². The zero-order valence-corrected chi connectivity index (χ0v) is 8.99. The van der Waals surface area contributed by atoms with Crippen molar-refractivity contribution in [2.75, 3.05) is 13.7 Å². The largest absolute Gasteiger partial charge is 0.496 e. The number of Topliss-reactive ketones (excluding diaryl/α,β-unsaturated/α-hetero) is 1. The minimum absolute atomic E-state index is 0.130. The Bertz CT molecular complexity index is 368. The van der Waals surface area contributed by atoms with E-state index in [1.807, 2.05) is 0 Å². The third-order valence-electron chi connectivity index (χ3n) is 1.95. The van der Waals surface area contributed by atoms with E-state index >= 15 is 0 Å². The van der Waals surface area contributed by atoms with Crippen molar-refractivity contribution in [1.82, 2.24) is 0 Å². The molecule has 1 aromatic carbocycles. The maximum atomic E-state index is 11.6. The summed E-state index contributed by atoms with van der Waals surface area (Å²) in [5, 5.41) is 9.72. The minimum Gasteiger partial charge on any atom is -0.496 e. The first-order chi connectivity index (χ1) is 7.10. The molecular weight excluding hydrogens is 218 g/mol. The monoisotopic (exact) mass is 229 g/mol. The second kappa shape index (κ2) is 5.11. The molecule has 1 rings (SSSR count). The first-order valence-corrected chi connectivity index (χ1v) is 4.73. The fourth-order valence-corrected chi connectivity index (χ4v) is 1.33. The molecule has 0 aliphatic carbocycles. The van der Waals surface area contributed by atoms with Gasteiger partial charge in [0.25, 0.3) is 0 Å². The number of hydrogen-bond acceptors (Lipinski definition) is 4. The second-order valence-corrected chi connectivity index (χ2v) is 3.40. The third kappa shape index (κ3) is 2.68. The van der Waals surface area contributed by atoms with Crippen LogP contribution in [-0.2, 0) is 0 Å². The number of aliphatic hydroxyl groups is 1. The Balaban J connectivity index is 3.11. The van der Waals surface area contributed by atoms with E-state index in [-0.39, 0.29) is 12.1 Å². The average molecular weight is 230 g/mol. The summed E-state index contributed by atoms with van der Waals surface area (Å²) in [7, 11) is 1.44. The number of halogens is 1. The van der Waals surface area contributed by atoms with Crippen LogP contribution in [0.5, 0.6) is 5.75 Å². The van der Waals surface area contributed by atoms with Crippen molar-refractivity contribution in [3.05, 3.63) is 28.8 Å². The Morgan fingerprint density at radius 3 is 2.87 bits per heavy atom. The van der Waals surface area contributed by atoms with Gasteiger partial charge in [-0.2, -0.15) is 0 Å². The van der Waals surface area contributed by atoms with Crippen molar-refractivity contribution in [2.24, 2.45) is 5.73 Å². The van der Waals surface area contributed by atoms with Crippen LogP contribution in [0.2, 0.25) is 5.02 Å². The lowest BCUT2D eigenvalue weighted by Crippen LogP contribution is -2.29. The summed E-state index contributed by atoms with van der Waals surface area (Å²) >= 11 is 5.75. The number of rotatable bonds is 4. The SMILES string of the molecule is COc1ccc(Cl)cc1C(=O)C(O)CN. The lowest BCUT2D eigenvalue weighted by atomic mass is 10.1. The van der Waals surface area contributed by atoms with Crippen molar-refractivity contribution in [1.29, 1.82) is 0 Å². The van der Waals surface area contributed by atoms with Gasteiger partial charge in [-0.15, -0.1) is 0 Å². The summed E-state index contributed by atoms with van der Waals surface area (Å²) in [6.07, 6.45) is -1.22. The van der Waals surface area contributed by atoms with Crippen LogP contribution in [0, 0.1) is 0 Å². The summed E-state index contributed by atoms with van der Waals surface area (Å²) in [6.45, 7) is -0.130. The summed E-state index contributed by atoms with van der Waals surface area (Å²) in [4.78, 5) is 11.6. The Morgan fingerprint density at radius 2 is 2.33 bits per heavy atom. The Hall–Kier alpha value is -1.10. The molecule has 0 aliphatic rings. The second-order valence-electron chi connectivity index (χ2n) is 2.96. The van der Waals surface area contributed by atoms with Gasteiger partial charge in [0.2, 0.25) is 0 Å². The highest BCUT2D eigenvalue weighted by Gasteiger charge is 2.19. The van der Waals surface area contributed by atoms with E-state index < -0.39 is 11.9 Å². The van der Waals surface area contributed by atoms with Gasteiger partial charge in [0.1, 0.15) is 11.9 Å². The Kier molecular flexibility index (Phi) is 4.08. The predicted molar refractivity (Wildman–Crippen MR) is 57.4 cm³/mol. The van der Waals surface area contributed by atoms with Gasteiger partial charge >= 0.3 is 0 Å². The summed E-state index contributed by atoms with van der Waals surface area (Å²) in [6, 6.07) is 4.62. The minimum atomic E-state index is -1.22. The zero-order chi connectivity index (χ0) is 11.4. The number of ketones is 1. The average Bonchev–Trinajstić information content (AvgIpc) is 2.27. The van der Waals surface area contributed by atoms with E-state index in [2.05, 4.69) is 0 Å². The van der Waals surface area contributed by atoms with Crippen LogP contribution >= 0.6 is 11.6 Å². The lowest BCUT2D eigenvalue weighted by Gasteiger charge is -2.10. The molecule has 0 aromatic heterocycles. The van der Waals surface area contributed by atoms with Gasteiger partial charge in [-0.05, 0) is 18.2 Å². The van der Waals surface area contributed by atoms with Gasteiger partial charge in [0.15, 0.2) is 5.78 Å². The molecule has 0 saturated carbocycles. The van der Waals surface area contributed by atoms with Crippen LogP contribution in [0.15, 0.2) is 18.2 Å². The maximum Gasteiger partial charge on any atom is 0.196 e. The third-order valence-corrected chi connectivity index (χ3v) is 2.19. The number of hydrogen-bond donors (Lipinski definition) is 2. The highest BCUT2D eigenvalue weighted by molar-refractivity contribution is 6.31. The number of carbonyl (C=O) groups is 1. The molecule has 1 unspecified atom stereocenters. The molecule has 0 radical (unpaired) electrons. The van der Waals surface area contributed by atoms with E-state index in [4.69, 9.17) is 22.1 Å². The number of methoxy groups -OCH3 is 1. The maximum absolute atomic E-state index is 11.6. The molecule has 0 heterocycles.